The van der Waals surface area contributed by atoms with Crippen molar-refractivity contribution in [3.05, 3.63) is 65.2 Å². The summed E-state index contributed by atoms with van der Waals surface area (Å²) < 4.78 is 11.5. The average Bonchev–Trinajstić information content (AvgIpc) is 2.59. The summed E-state index contributed by atoms with van der Waals surface area (Å²) in [7, 11) is 1.64. The number of rotatable bonds is 4. The number of ether oxygens (including phenoxy) is 2. The van der Waals surface area contributed by atoms with Crippen LogP contribution >= 0.6 is 0 Å². The van der Waals surface area contributed by atoms with Crippen LogP contribution in [-0.2, 0) is 4.79 Å². The van der Waals surface area contributed by atoms with Crippen LogP contribution in [0.5, 0.6) is 11.5 Å². The van der Waals surface area contributed by atoms with Crippen molar-refractivity contribution >= 4 is 12.0 Å². The van der Waals surface area contributed by atoms with E-state index in [4.69, 9.17) is 9.47 Å². The normalized spacial score (nSPS) is 15.9. The van der Waals surface area contributed by atoms with Gasteiger partial charge in [0.05, 0.1) is 7.11 Å². The Morgan fingerprint density at radius 2 is 2.00 bits per heavy atom. The third kappa shape index (κ3) is 3.37. The minimum absolute atomic E-state index is 0.0610. The van der Waals surface area contributed by atoms with Crippen LogP contribution in [0.4, 0.5) is 0 Å². The molecule has 1 aliphatic rings. The van der Waals surface area contributed by atoms with E-state index in [0.29, 0.717) is 6.54 Å². The van der Waals surface area contributed by atoms with Crippen LogP contribution in [-0.4, -0.2) is 19.6 Å². The van der Waals surface area contributed by atoms with Gasteiger partial charge in [0.15, 0.2) is 0 Å². The summed E-state index contributed by atoms with van der Waals surface area (Å²) in [6.07, 6.45) is 1.86. The highest BCUT2D eigenvalue weighted by molar-refractivity contribution is 5.74. The summed E-state index contributed by atoms with van der Waals surface area (Å²) in [5, 5.41) is 2.86. The fourth-order valence-corrected chi connectivity index (χ4v) is 2.63. The van der Waals surface area contributed by atoms with Crippen LogP contribution in [0.25, 0.3) is 6.08 Å². The second-order valence-electron chi connectivity index (χ2n) is 5.44. The molecule has 0 fully saturated rings. The topological polar surface area (TPSA) is 47.6 Å². The molecule has 0 saturated carbocycles. The maximum Gasteiger partial charge on any atom is 0.217 e. The Bertz CT molecular complexity index is 738. The first-order valence-electron chi connectivity index (χ1n) is 7.52. The number of hydrogen-bond acceptors (Lipinski definition) is 3. The molecular formula is C19H19NO3. The van der Waals surface area contributed by atoms with Gasteiger partial charge in [0.25, 0.3) is 0 Å². The number of amides is 1. The largest absolute Gasteiger partial charge is 0.497 e. The number of methoxy groups -OCH3 is 1. The fraction of sp³-hybridized carbons (Fsp3) is 0.211. The van der Waals surface area contributed by atoms with Gasteiger partial charge in [-0.1, -0.05) is 30.3 Å². The molecule has 23 heavy (non-hydrogen) atoms. The summed E-state index contributed by atoms with van der Waals surface area (Å²) in [6.45, 7) is 1.96. The molecule has 1 amide bonds. The van der Waals surface area contributed by atoms with Gasteiger partial charge in [-0.05, 0) is 35.4 Å². The molecule has 0 saturated heterocycles. The van der Waals surface area contributed by atoms with Gasteiger partial charge in [0, 0.05) is 19.0 Å². The molecule has 1 N–H and O–H groups in total. The number of nitrogens with one attached hydrogen (secondary N) is 1. The number of fused-ring (bicyclic) bond motifs is 1. The number of carbonyl (C=O) groups is 1. The SMILES string of the molecule is COc1ccc2c(c1)C=C(CNC(C)=O)C(c1ccccc1)O2. The van der Waals surface area contributed by atoms with E-state index in [-0.39, 0.29) is 12.0 Å². The molecule has 2 aromatic carbocycles. The molecule has 0 spiro atoms. The van der Waals surface area contributed by atoms with Gasteiger partial charge >= 0.3 is 0 Å². The molecule has 0 aliphatic carbocycles. The van der Waals surface area contributed by atoms with Crippen LogP contribution in [0.2, 0.25) is 0 Å². The lowest BCUT2D eigenvalue weighted by molar-refractivity contribution is -0.118. The van der Waals surface area contributed by atoms with Gasteiger partial charge in [0.1, 0.15) is 17.6 Å². The zero-order valence-electron chi connectivity index (χ0n) is 13.2. The number of carbonyl (C=O) groups excluding carboxylic acids is 1. The van der Waals surface area contributed by atoms with E-state index in [0.717, 1.165) is 28.2 Å². The van der Waals surface area contributed by atoms with Crippen molar-refractivity contribution in [2.45, 2.75) is 13.0 Å². The maximum atomic E-state index is 11.3. The lowest BCUT2D eigenvalue weighted by Crippen LogP contribution is -2.27. The third-order valence-corrected chi connectivity index (χ3v) is 3.78. The van der Waals surface area contributed by atoms with E-state index >= 15 is 0 Å². The summed E-state index contributed by atoms with van der Waals surface area (Å²) in [6, 6.07) is 15.7. The molecular weight excluding hydrogens is 290 g/mol. The predicted octanol–water partition coefficient (Wildman–Crippen LogP) is 3.35. The van der Waals surface area contributed by atoms with Crippen molar-refractivity contribution in [2.75, 3.05) is 13.7 Å². The van der Waals surface area contributed by atoms with Gasteiger partial charge in [-0.3, -0.25) is 4.79 Å². The first-order valence-corrected chi connectivity index (χ1v) is 7.52. The van der Waals surface area contributed by atoms with E-state index in [9.17, 15) is 4.79 Å². The molecule has 0 bridgehead atoms. The first kappa shape index (κ1) is 15.2. The van der Waals surface area contributed by atoms with Crippen molar-refractivity contribution in [3.63, 3.8) is 0 Å². The summed E-state index contributed by atoms with van der Waals surface area (Å²) in [5.74, 6) is 1.53. The zero-order valence-corrected chi connectivity index (χ0v) is 13.2. The number of hydrogen-bond donors (Lipinski definition) is 1. The minimum Gasteiger partial charge on any atom is -0.497 e. The van der Waals surface area contributed by atoms with Crippen molar-refractivity contribution < 1.29 is 14.3 Å². The highest BCUT2D eigenvalue weighted by Crippen LogP contribution is 2.38. The standard InChI is InChI=1S/C19H19NO3/c1-13(21)20-12-16-10-15-11-17(22-2)8-9-18(15)23-19(16)14-6-4-3-5-7-14/h3-11,19H,12H2,1-2H3,(H,20,21). The zero-order chi connectivity index (χ0) is 16.2. The smallest absolute Gasteiger partial charge is 0.217 e. The van der Waals surface area contributed by atoms with Crippen LogP contribution in [0.15, 0.2) is 54.1 Å². The molecule has 2 aromatic rings. The van der Waals surface area contributed by atoms with Crippen LogP contribution in [0, 0.1) is 0 Å². The lowest BCUT2D eigenvalue weighted by Gasteiger charge is -2.28. The minimum atomic E-state index is -0.205. The quantitative estimate of drug-likeness (QED) is 0.942. The summed E-state index contributed by atoms with van der Waals surface area (Å²) in [4.78, 5) is 11.3. The number of benzene rings is 2. The fourth-order valence-electron chi connectivity index (χ4n) is 2.63. The van der Waals surface area contributed by atoms with E-state index < -0.39 is 0 Å². The highest BCUT2D eigenvalue weighted by atomic mass is 16.5. The second kappa shape index (κ2) is 6.57. The first-order chi connectivity index (χ1) is 11.2. The van der Waals surface area contributed by atoms with E-state index in [2.05, 4.69) is 11.4 Å². The second-order valence-corrected chi connectivity index (χ2v) is 5.44. The molecule has 118 valence electrons. The van der Waals surface area contributed by atoms with E-state index in [1.54, 1.807) is 7.11 Å². The molecule has 4 nitrogen and oxygen atoms in total. The van der Waals surface area contributed by atoms with Crippen LogP contribution < -0.4 is 14.8 Å². The Balaban J connectivity index is 1.98. The van der Waals surface area contributed by atoms with Crippen molar-refractivity contribution in [1.82, 2.24) is 5.32 Å². The molecule has 1 heterocycles. The molecule has 0 aromatic heterocycles. The molecule has 1 unspecified atom stereocenters. The average molecular weight is 309 g/mol. The van der Waals surface area contributed by atoms with Crippen LogP contribution in [0.1, 0.15) is 24.2 Å². The van der Waals surface area contributed by atoms with Gasteiger partial charge in [-0.2, -0.15) is 0 Å². The molecule has 1 atom stereocenters. The van der Waals surface area contributed by atoms with Crippen molar-refractivity contribution in [3.8, 4) is 11.5 Å². The molecule has 4 heteroatoms. The van der Waals surface area contributed by atoms with Gasteiger partial charge in [-0.25, -0.2) is 0 Å². The Morgan fingerprint density at radius 1 is 1.22 bits per heavy atom. The van der Waals surface area contributed by atoms with Gasteiger partial charge < -0.3 is 14.8 Å². The lowest BCUT2D eigenvalue weighted by atomic mass is 9.96. The predicted molar refractivity (Wildman–Crippen MR) is 89.5 cm³/mol. The molecule has 1 aliphatic heterocycles. The molecule has 0 radical (unpaired) electrons. The van der Waals surface area contributed by atoms with E-state index in [1.807, 2.05) is 48.5 Å². The van der Waals surface area contributed by atoms with Gasteiger partial charge in [-0.15, -0.1) is 0 Å². The Hall–Kier alpha value is -2.75. The van der Waals surface area contributed by atoms with Crippen molar-refractivity contribution in [1.29, 1.82) is 0 Å². The van der Waals surface area contributed by atoms with E-state index in [1.165, 1.54) is 6.92 Å². The molecule has 3 rings (SSSR count). The van der Waals surface area contributed by atoms with Crippen molar-refractivity contribution in [2.24, 2.45) is 0 Å². The monoisotopic (exact) mass is 309 g/mol. The highest BCUT2D eigenvalue weighted by Gasteiger charge is 2.24. The van der Waals surface area contributed by atoms with Crippen LogP contribution in [0.3, 0.4) is 0 Å². The summed E-state index contributed by atoms with van der Waals surface area (Å²) in [5.41, 5.74) is 3.02. The Morgan fingerprint density at radius 3 is 2.70 bits per heavy atom. The third-order valence-electron chi connectivity index (χ3n) is 3.78. The Kier molecular flexibility index (Phi) is 4.33. The maximum absolute atomic E-state index is 11.3. The Labute approximate surface area is 135 Å². The van der Waals surface area contributed by atoms with Gasteiger partial charge in [0.2, 0.25) is 5.91 Å². The summed E-state index contributed by atoms with van der Waals surface area (Å²) >= 11 is 0.